The molecule has 0 amide bonds. The summed E-state index contributed by atoms with van der Waals surface area (Å²) < 4.78 is 5.39. The summed E-state index contributed by atoms with van der Waals surface area (Å²) in [6.07, 6.45) is 2.65. The molecule has 31 heavy (non-hydrogen) atoms. The van der Waals surface area contributed by atoms with Gasteiger partial charge in [0.25, 0.3) is 0 Å². The second kappa shape index (κ2) is 13.6. The summed E-state index contributed by atoms with van der Waals surface area (Å²) in [5.74, 6) is 0.737. The molecule has 0 bridgehead atoms. The van der Waals surface area contributed by atoms with E-state index in [2.05, 4.69) is 51.6 Å². The molecule has 1 atom stereocenters. The lowest BCUT2D eigenvalue weighted by Crippen LogP contribution is -2.52. The van der Waals surface area contributed by atoms with Crippen molar-refractivity contribution in [3.05, 3.63) is 35.4 Å². The number of rotatable bonds is 9. The van der Waals surface area contributed by atoms with E-state index in [4.69, 9.17) is 9.73 Å². The van der Waals surface area contributed by atoms with Crippen molar-refractivity contribution < 1.29 is 9.84 Å². The average Bonchev–Trinajstić information content (AvgIpc) is 3.25. The zero-order valence-corrected chi connectivity index (χ0v) is 21.4. The first-order valence-electron chi connectivity index (χ1n) is 11.4. The van der Waals surface area contributed by atoms with Crippen LogP contribution in [0.15, 0.2) is 29.3 Å². The number of nitrogens with one attached hydrogen (secondary N) is 2. The van der Waals surface area contributed by atoms with Crippen LogP contribution in [-0.4, -0.2) is 85.5 Å². The van der Waals surface area contributed by atoms with Crippen LogP contribution in [0.5, 0.6) is 0 Å². The molecule has 2 aliphatic heterocycles. The standard InChI is InChI=1S/C23H39N5O2.HI/c1-3-24-22(26-18-23(2,29)19-28-12-14-30-15-13-28)25-16-20-6-8-21(9-7-20)17-27-10-4-5-11-27;/h6-9,29H,3-5,10-19H2,1-2H3,(H2,24,25,26);1H. The number of hydrogen-bond donors (Lipinski definition) is 3. The highest BCUT2D eigenvalue weighted by Crippen LogP contribution is 2.14. The Bertz CT molecular complexity index is 656. The third kappa shape index (κ3) is 9.61. The summed E-state index contributed by atoms with van der Waals surface area (Å²) in [6.45, 7) is 13.1. The van der Waals surface area contributed by atoms with Gasteiger partial charge >= 0.3 is 0 Å². The molecule has 2 heterocycles. The summed E-state index contributed by atoms with van der Waals surface area (Å²) >= 11 is 0. The molecular formula is C23H40IN5O2. The van der Waals surface area contributed by atoms with Crippen LogP contribution in [0, 0.1) is 0 Å². The quantitative estimate of drug-likeness (QED) is 0.251. The fourth-order valence-electron chi connectivity index (χ4n) is 4.03. The maximum Gasteiger partial charge on any atom is 0.191 e. The van der Waals surface area contributed by atoms with Crippen molar-refractivity contribution in [1.29, 1.82) is 0 Å². The summed E-state index contributed by atoms with van der Waals surface area (Å²) in [7, 11) is 0. The molecule has 176 valence electrons. The molecule has 2 saturated heterocycles. The molecule has 0 spiro atoms. The minimum absolute atomic E-state index is 0. The Balaban J connectivity index is 0.00000341. The van der Waals surface area contributed by atoms with Gasteiger partial charge in [-0.25, -0.2) is 4.99 Å². The Kier molecular flexibility index (Phi) is 11.5. The number of benzene rings is 1. The molecule has 3 rings (SSSR count). The first-order valence-corrected chi connectivity index (χ1v) is 11.4. The molecule has 2 fully saturated rings. The minimum atomic E-state index is -0.829. The first-order chi connectivity index (χ1) is 14.5. The molecule has 7 nitrogen and oxygen atoms in total. The van der Waals surface area contributed by atoms with E-state index in [1.54, 1.807) is 0 Å². The highest BCUT2D eigenvalue weighted by atomic mass is 127. The van der Waals surface area contributed by atoms with Crippen LogP contribution >= 0.6 is 24.0 Å². The molecular weight excluding hydrogens is 505 g/mol. The Morgan fingerprint density at radius 2 is 1.68 bits per heavy atom. The lowest BCUT2D eigenvalue weighted by atomic mass is 10.1. The predicted octanol–water partition coefficient (Wildman–Crippen LogP) is 2.04. The molecule has 0 aliphatic carbocycles. The molecule has 0 radical (unpaired) electrons. The van der Waals surface area contributed by atoms with Gasteiger partial charge in [-0.1, -0.05) is 24.3 Å². The van der Waals surface area contributed by atoms with Gasteiger partial charge in [0, 0.05) is 39.3 Å². The van der Waals surface area contributed by atoms with Crippen LogP contribution in [0.2, 0.25) is 0 Å². The number of halogens is 1. The van der Waals surface area contributed by atoms with Gasteiger partial charge < -0.3 is 20.5 Å². The lowest BCUT2D eigenvalue weighted by molar-refractivity contribution is -0.0201. The average molecular weight is 546 g/mol. The van der Waals surface area contributed by atoms with E-state index in [9.17, 15) is 5.11 Å². The van der Waals surface area contributed by atoms with E-state index in [0.717, 1.165) is 45.4 Å². The Morgan fingerprint density at radius 1 is 1.03 bits per heavy atom. The maximum absolute atomic E-state index is 10.8. The highest BCUT2D eigenvalue weighted by molar-refractivity contribution is 14.0. The maximum atomic E-state index is 10.8. The van der Waals surface area contributed by atoms with Gasteiger partial charge in [-0.3, -0.25) is 9.80 Å². The van der Waals surface area contributed by atoms with Gasteiger partial charge in [-0.2, -0.15) is 0 Å². The van der Waals surface area contributed by atoms with Gasteiger partial charge in [-0.15, -0.1) is 24.0 Å². The van der Waals surface area contributed by atoms with Gasteiger partial charge in [-0.05, 0) is 50.9 Å². The van der Waals surface area contributed by atoms with Gasteiger partial charge in [0.15, 0.2) is 5.96 Å². The van der Waals surface area contributed by atoms with Crippen LogP contribution in [0.3, 0.4) is 0 Å². The van der Waals surface area contributed by atoms with Crippen LogP contribution in [0.4, 0.5) is 0 Å². The van der Waals surface area contributed by atoms with Crippen molar-refractivity contribution in [3.63, 3.8) is 0 Å². The molecule has 1 aromatic carbocycles. The zero-order chi connectivity index (χ0) is 21.2. The van der Waals surface area contributed by atoms with Gasteiger partial charge in [0.1, 0.15) is 0 Å². The Morgan fingerprint density at radius 3 is 2.32 bits per heavy atom. The van der Waals surface area contributed by atoms with Crippen LogP contribution in [-0.2, 0) is 17.8 Å². The number of likely N-dealkylation sites (tertiary alicyclic amines) is 1. The van der Waals surface area contributed by atoms with E-state index < -0.39 is 5.60 Å². The summed E-state index contributed by atoms with van der Waals surface area (Å²) in [6, 6.07) is 8.79. The SMILES string of the molecule is CCNC(=NCc1ccc(CN2CCCC2)cc1)NCC(C)(O)CN1CCOCC1.I. The fraction of sp³-hybridized carbons (Fsp3) is 0.696. The molecule has 1 aromatic rings. The first kappa shape index (κ1) is 26.3. The molecule has 2 aliphatic rings. The van der Waals surface area contributed by atoms with E-state index in [1.807, 2.05) is 6.92 Å². The van der Waals surface area contributed by atoms with Crippen LogP contribution in [0.25, 0.3) is 0 Å². The van der Waals surface area contributed by atoms with E-state index in [-0.39, 0.29) is 24.0 Å². The third-order valence-electron chi connectivity index (χ3n) is 5.70. The second-order valence-corrected chi connectivity index (χ2v) is 8.73. The molecule has 0 aromatic heterocycles. The smallest absolute Gasteiger partial charge is 0.191 e. The van der Waals surface area contributed by atoms with E-state index >= 15 is 0 Å². The number of hydrogen-bond acceptors (Lipinski definition) is 5. The van der Waals surface area contributed by atoms with Crippen molar-refractivity contribution in [1.82, 2.24) is 20.4 Å². The predicted molar refractivity (Wildman–Crippen MR) is 137 cm³/mol. The highest BCUT2D eigenvalue weighted by Gasteiger charge is 2.25. The summed E-state index contributed by atoms with van der Waals surface area (Å²) in [5, 5.41) is 17.4. The van der Waals surface area contributed by atoms with Crippen molar-refractivity contribution in [2.45, 2.75) is 45.4 Å². The topological polar surface area (TPSA) is 72.4 Å². The molecule has 0 saturated carbocycles. The summed E-state index contributed by atoms with van der Waals surface area (Å²) in [4.78, 5) is 9.47. The van der Waals surface area contributed by atoms with Gasteiger partial charge in [0.2, 0.25) is 0 Å². The molecule has 1 unspecified atom stereocenters. The second-order valence-electron chi connectivity index (χ2n) is 8.73. The lowest BCUT2D eigenvalue weighted by Gasteiger charge is -2.34. The van der Waals surface area contributed by atoms with Crippen molar-refractivity contribution in [3.8, 4) is 0 Å². The number of aliphatic imine (C=N–C) groups is 1. The van der Waals surface area contributed by atoms with Gasteiger partial charge in [0.05, 0.1) is 25.4 Å². The molecule has 3 N–H and O–H groups in total. The number of aliphatic hydroxyl groups is 1. The van der Waals surface area contributed by atoms with Crippen LogP contribution in [0.1, 0.15) is 37.8 Å². The van der Waals surface area contributed by atoms with Crippen molar-refractivity contribution in [2.24, 2.45) is 4.99 Å². The number of ether oxygens (including phenoxy) is 1. The third-order valence-corrected chi connectivity index (χ3v) is 5.70. The minimum Gasteiger partial charge on any atom is -0.387 e. The zero-order valence-electron chi connectivity index (χ0n) is 19.1. The monoisotopic (exact) mass is 545 g/mol. The molecule has 8 heteroatoms. The van der Waals surface area contributed by atoms with Crippen molar-refractivity contribution in [2.75, 3.05) is 59.0 Å². The number of morpholine rings is 1. The normalized spacial score (nSPS) is 20.2. The van der Waals surface area contributed by atoms with E-state index in [0.29, 0.717) is 19.6 Å². The Labute approximate surface area is 204 Å². The number of nitrogens with zero attached hydrogens (tertiary/aromatic N) is 3. The van der Waals surface area contributed by atoms with Crippen LogP contribution < -0.4 is 10.6 Å². The van der Waals surface area contributed by atoms with E-state index in [1.165, 1.54) is 37.1 Å². The number of guanidine groups is 1. The van der Waals surface area contributed by atoms with Crippen molar-refractivity contribution >= 4 is 29.9 Å². The summed E-state index contributed by atoms with van der Waals surface area (Å²) in [5.41, 5.74) is 1.73. The largest absolute Gasteiger partial charge is 0.387 e. The fourth-order valence-corrected chi connectivity index (χ4v) is 4.03. The Hall–Kier alpha value is -0.940. The number of β-amino-alcohol motifs (C(OH)–C–C–N with tert-alkyl or cyclic N) is 1.